The van der Waals surface area contributed by atoms with E-state index in [9.17, 15) is 18.4 Å². The Hall–Kier alpha value is -1.28. The second kappa shape index (κ2) is 9.30. The van der Waals surface area contributed by atoms with Gasteiger partial charge in [0.15, 0.2) is 0 Å². The lowest BCUT2D eigenvalue weighted by atomic mass is 9.77. The molecule has 31 heavy (non-hydrogen) atoms. The summed E-state index contributed by atoms with van der Waals surface area (Å²) in [6.45, 7) is 5.32. The van der Waals surface area contributed by atoms with Crippen LogP contribution in [0, 0.1) is 11.8 Å². The first kappa shape index (κ1) is 22.9. The highest BCUT2D eigenvalue weighted by molar-refractivity contribution is 5.82. The largest absolute Gasteiger partial charge is 0.352 e. The van der Waals surface area contributed by atoms with E-state index >= 15 is 0 Å². The van der Waals surface area contributed by atoms with Crippen molar-refractivity contribution in [2.24, 2.45) is 11.8 Å². The Morgan fingerprint density at radius 1 is 1.10 bits per heavy atom. The lowest BCUT2D eigenvalue weighted by molar-refractivity contribution is -0.129. The monoisotopic (exact) mass is 440 g/mol. The summed E-state index contributed by atoms with van der Waals surface area (Å²) in [7, 11) is 1.83. The van der Waals surface area contributed by atoms with E-state index in [1.54, 1.807) is 11.8 Å². The molecule has 2 N–H and O–H groups in total. The van der Waals surface area contributed by atoms with Gasteiger partial charge in [-0.2, -0.15) is 0 Å². The van der Waals surface area contributed by atoms with Crippen molar-refractivity contribution in [1.82, 2.24) is 20.4 Å². The first-order chi connectivity index (χ1) is 14.7. The number of nitrogens with one attached hydrogen (secondary N) is 2. The van der Waals surface area contributed by atoms with E-state index in [4.69, 9.17) is 0 Å². The van der Waals surface area contributed by atoms with Crippen LogP contribution in [-0.4, -0.2) is 84.3 Å². The second-order valence-corrected chi connectivity index (χ2v) is 10.4. The lowest BCUT2D eigenvalue weighted by Gasteiger charge is -2.38. The fourth-order valence-electron chi connectivity index (χ4n) is 6.41. The number of nitrogens with zero attached hydrogens (tertiary/aromatic N) is 2. The van der Waals surface area contributed by atoms with Gasteiger partial charge in [-0.15, -0.1) is 0 Å². The molecule has 9 unspecified atom stereocenters. The number of hydrogen-bond acceptors (Lipinski definition) is 4. The normalized spacial score (nSPS) is 43.5. The van der Waals surface area contributed by atoms with Crippen molar-refractivity contribution >= 4 is 11.8 Å². The Kier molecular flexibility index (Phi) is 6.87. The summed E-state index contributed by atoms with van der Waals surface area (Å²) >= 11 is 0. The number of carbonyl (C=O) groups excluding carboxylic acids is 2. The molecule has 2 saturated carbocycles. The Labute approximate surface area is 184 Å². The molecule has 0 aromatic rings. The van der Waals surface area contributed by atoms with Gasteiger partial charge < -0.3 is 15.5 Å². The molecule has 0 aromatic heterocycles. The third-order valence-electron chi connectivity index (χ3n) is 8.38. The van der Waals surface area contributed by atoms with Gasteiger partial charge in [0.25, 0.3) is 0 Å². The quantitative estimate of drug-likeness (QED) is 0.702. The van der Waals surface area contributed by atoms with Crippen LogP contribution in [-0.2, 0) is 9.59 Å². The second-order valence-electron chi connectivity index (χ2n) is 10.4. The SMILES string of the molecule is CC(=O)N(C)C1CCN(C2CC(F)CC(NC(=O)C3CC4C(F)CCC(C)C4N3)C2)C1. The summed E-state index contributed by atoms with van der Waals surface area (Å²) < 4.78 is 29.0. The first-order valence-corrected chi connectivity index (χ1v) is 12.0. The van der Waals surface area contributed by atoms with E-state index < -0.39 is 12.3 Å². The maximum absolute atomic E-state index is 14.6. The fourth-order valence-corrected chi connectivity index (χ4v) is 6.41. The van der Waals surface area contributed by atoms with Crippen LogP contribution in [0.1, 0.15) is 58.8 Å². The Bertz CT molecular complexity index is 662. The molecule has 2 aliphatic heterocycles. The van der Waals surface area contributed by atoms with Crippen LogP contribution in [0.2, 0.25) is 0 Å². The number of likely N-dealkylation sites (tertiary alicyclic amines) is 1. The summed E-state index contributed by atoms with van der Waals surface area (Å²) in [5.41, 5.74) is 0. The van der Waals surface area contributed by atoms with Gasteiger partial charge in [0.2, 0.25) is 11.8 Å². The first-order valence-electron chi connectivity index (χ1n) is 12.0. The van der Waals surface area contributed by atoms with Gasteiger partial charge in [-0.1, -0.05) is 6.92 Å². The molecular weight excluding hydrogens is 402 g/mol. The molecule has 2 saturated heterocycles. The molecule has 2 heterocycles. The lowest BCUT2D eigenvalue weighted by Crippen LogP contribution is -2.53. The zero-order valence-corrected chi connectivity index (χ0v) is 19.0. The van der Waals surface area contributed by atoms with Crippen molar-refractivity contribution < 1.29 is 18.4 Å². The van der Waals surface area contributed by atoms with Crippen LogP contribution in [0.25, 0.3) is 0 Å². The van der Waals surface area contributed by atoms with Crippen molar-refractivity contribution in [3.63, 3.8) is 0 Å². The van der Waals surface area contributed by atoms with E-state index in [-0.39, 0.29) is 47.9 Å². The van der Waals surface area contributed by atoms with Crippen molar-refractivity contribution in [3.8, 4) is 0 Å². The molecule has 6 nitrogen and oxygen atoms in total. The minimum Gasteiger partial charge on any atom is -0.352 e. The molecule has 2 amide bonds. The number of rotatable bonds is 4. The van der Waals surface area contributed by atoms with Crippen molar-refractivity contribution in [2.75, 3.05) is 20.1 Å². The summed E-state index contributed by atoms with van der Waals surface area (Å²) in [4.78, 5) is 28.7. The molecule has 4 rings (SSSR count). The maximum atomic E-state index is 14.6. The molecule has 4 fully saturated rings. The van der Waals surface area contributed by atoms with E-state index in [0.717, 1.165) is 32.4 Å². The maximum Gasteiger partial charge on any atom is 0.237 e. The van der Waals surface area contributed by atoms with Crippen LogP contribution in [0.15, 0.2) is 0 Å². The van der Waals surface area contributed by atoms with E-state index in [1.807, 2.05) is 7.05 Å². The van der Waals surface area contributed by atoms with Gasteiger partial charge in [-0.05, 0) is 50.9 Å². The van der Waals surface area contributed by atoms with E-state index in [0.29, 0.717) is 31.6 Å². The van der Waals surface area contributed by atoms with E-state index in [2.05, 4.69) is 22.5 Å². The molecule has 0 bridgehead atoms. The van der Waals surface area contributed by atoms with Gasteiger partial charge in [0.05, 0.1) is 6.04 Å². The molecule has 9 atom stereocenters. The average molecular weight is 441 g/mol. The van der Waals surface area contributed by atoms with Crippen LogP contribution in [0.5, 0.6) is 0 Å². The average Bonchev–Trinajstić information content (AvgIpc) is 3.38. The summed E-state index contributed by atoms with van der Waals surface area (Å²) in [5.74, 6) is 0.230. The summed E-state index contributed by atoms with van der Waals surface area (Å²) in [6, 6.07) is -0.269. The standard InChI is InChI=1S/C23H38F2N4O2/c1-13-4-5-20(25)19-11-21(27-22(13)19)23(31)26-16-8-15(24)9-18(10-16)29-7-6-17(12-29)28(3)14(2)30/h13,15-22,27H,4-12H2,1-3H3,(H,26,31). The Morgan fingerprint density at radius 3 is 2.58 bits per heavy atom. The van der Waals surface area contributed by atoms with Crippen molar-refractivity contribution in [3.05, 3.63) is 0 Å². The number of likely N-dealkylation sites (N-methyl/N-ethyl adjacent to an activating group) is 1. The third kappa shape index (κ3) is 4.90. The van der Waals surface area contributed by atoms with Gasteiger partial charge >= 0.3 is 0 Å². The zero-order valence-electron chi connectivity index (χ0n) is 19.0. The van der Waals surface area contributed by atoms with Crippen LogP contribution < -0.4 is 10.6 Å². The number of hydrogen-bond donors (Lipinski definition) is 2. The zero-order chi connectivity index (χ0) is 22.3. The third-order valence-corrected chi connectivity index (χ3v) is 8.38. The van der Waals surface area contributed by atoms with Gasteiger partial charge in [0, 0.05) is 57.1 Å². The highest BCUT2D eigenvalue weighted by Gasteiger charge is 2.47. The smallest absolute Gasteiger partial charge is 0.237 e. The summed E-state index contributed by atoms with van der Waals surface area (Å²) in [5, 5.41) is 6.46. The molecule has 2 aliphatic carbocycles. The van der Waals surface area contributed by atoms with Gasteiger partial charge in [0.1, 0.15) is 12.3 Å². The molecule has 176 valence electrons. The van der Waals surface area contributed by atoms with Crippen LogP contribution >= 0.6 is 0 Å². The highest BCUT2D eigenvalue weighted by atomic mass is 19.1. The Balaban J connectivity index is 1.32. The number of amides is 2. The van der Waals surface area contributed by atoms with Crippen molar-refractivity contribution in [2.45, 2.75) is 101 Å². The number of fused-ring (bicyclic) bond motifs is 1. The van der Waals surface area contributed by atoms with Gasteiger partial charge in [-0.25, -0.2) is 8.78 Å². The van der Waals surface area contributed by atoms with E-state index in [1.165, 1.54) is 0 Å². The molecule has 0 spiro atoms. The van der Waals surface area contributed by atoms with Gasteiger partial charge in [-0.3, -0.25) is 14.5 Å². The Morgan fingerprint density at radius 2 is 1.87 bits per heavy atom. The number of alkyl halides is 2. The molecule has 0 aromatic carbocycles. The summed E-state index contributed by atoms with van der Waals surface area (Å²) in [6.07, 6.45) is 2.64. The molecule has 0 radical (unpaired) electrons. The molecule has 4 aliphatic rings. The predicted octanol–water partition coefficient (Wildman–Crippen LogP) is 2.03. The van der Waals surface area contributed by atoms with Crippen LogP contribution in [0.3, 0.4) is 0 Å². The minimum absolute atomic E-state index is 0.0541. The van der Waals surface area contributed by atoms with Crippen LogP contribution in [0.4, 0.5) is 8.78 Å². The number of halogens is 2. The number of carbonyl (C=O) groups is 2. The predicted molar refractivity (Wildman–Crippen MR) is 115 cm³/mol. The molecular formula is C23H38F2N4O2. The highest BCUT2D eigenvalue weighted by Crippen LogP contribution is 2.39. The topological polar surface area (TPSA) is 64.7 Å². The molecule has 8 heteroatoms. The minimum atomic E-state index is -0.942. The van der Waals surface area contributed by atoms with Crippen molar-refractivity contribution in [1.29, 1.82) is 0 Å². The fraction of sp³-hybridized carbons (Fsp3) is 0.913.